The number of benzene rings is 2. The minimum Gasteiger partial charge on any atom is -0.493 e. The van der Waals surface area contributed by atoms with Crippen molar-refractivity contribution in [3.05, 3.63) is 58.6 Å². The predicted molar refractivity (Wildman–Crippen MR) is 124 cm³/mol. The number of nitrogens with two attached hydrogens (primary N) is 1. The number of methoxy groups -OCH3 is 1. The third kappa shape index (κ3) is 7.02. The molecule has 3 N–H and O–H groups in total. The molecule has 0 aliphatic rings. The number of ether oxygens (including phenoxy) is 4. The fourth-order valence-corrected chi connectivity index (χ4v) is 3.09. The summed E-state index contributed by atoms with van der Waals surface area (Å²) >= 11 is 3.36. The summed E-state index contributed by atoms with van der Waals surface area (Å²) in [6, 6.07) is 8.16. The summed E-state index contributed by atoms with van der Waals surface area (Å²) in [4.78, 5) is 23.4. The number of hydrazone groups is 1. The molecule has 0 fully saturated rings. The highest BCUT2D eigenvalue weighted by Gasteiger charge is 2.13. The van der Waals surface area contributed by atoms with Crippen molar-refractivity contribution < 1.29 is 28.5 Å². The summed E-state index contributed by atoms with van der Waals surface area (Å²) in [7, 11) is 1.46. The molecule has 170 valence electrons. The molecule has 0 bridgehead atoms. The minimum atomic E-state index is -0.611. The lowest BCUT2D eigenvalue weighted by molar-refractivity contribution is -0.119. The van der Waals surface area contributed by atoms with Crippen LogP contribution in [0.1, 0.15) is 22.8 Å². The first-order valence-corrected chi connectivity index (χ1v) is 10.3. The Morgan fingerprint density at radius 3 is 2.59 bits per heavy atom. The molecule has 0 unspecified atom stereocenters. The minimum absolute atomic E-state index is 0.292. The van der Waals surface area contributed by atoms with E-state index in [2.05, 4.69) is 33.0 Å². The van der Waals surface area contributed by atoms with Crippen molar-refractivity contribution >= 4 is 34.0 Å². The van der Waals surface area contributed by atoms with Crippen LogP contribution >= 0.6 is 15.9 Å². The SMILES string of the molecule is C=CCOc1ccc(C(=O)N/N=C/c2cc(Br)c(OCC(N)=O)c(OC)c2)cc1OCC. The molecule has 9 nitrogen and oxygen atoms in total. The van der Waals surface area contributed by atoms with Crippen LogP contribution in [-0.4, -0.2) is 45.0 Å². The molecule has 0 saturated heterocycles. The zero-order valence-electron chi connectivity index (χ0n) is 17.7. The van der Waals surface area contributed by atoms with Crippen LogP contribution in [0.25, 0.3) is 0 Å². The highest BCUT2D eigenvalue weighted by Crippen LogP contribution is 2.36. The Hall–Kier alpha value is -3.53. The summed E-state index contributed by atoms with van der Waals surface area (Å²) in [6.07, 6.45) is 3.06. The Bertz CT molecular complexity index is 1010. The molecule has 0 aliphatic heterocycles. The van der Waals surface area contributed by atoms with Gasteiger partial charge in [0.15, 0.2) is 29.6 Å². The molecule has 32 heavy (non-hydrogen) atoms. The first-order chi connectivity index (χ1) is 15.4. The van der Waals surface area contributed by atoms with Gasteiger partial charge in [-0.15, -0.1) is 0 Å². The van der Waals surface area contributed by atoms with E-state index in [0.29, 0.717) is 51.8 Å². The molecule has 0 heterocycles. The van der Waals surface area contributed by atoms with Crippen LogP contribution in [-0.2, 0) is 4.79 Å². The number of halogens is 1. The van der Waals surface area contributed by atoms with Gasteiger partial charge in [-0.25, -0.2) is 5.43 Å². The summed E-state index contributed by atoms with van der Waals surface area (Å²) in [6.45, 7) is 5.90. The lowest BCUT2D eigenvalue weighted by Gasteiger charge is -2.12. The third-order valence-corrected chi connectivity index (χ3v) is 4.44. The maximum absolute atomic E-state index is 12.5. The summed E-state index contributed by atoms with van der Waals surface area (Å²) < 4.78 is 22.2. The number of carbonyl (C=O) groups excluding carboxylic acids is 2. The van der Waals surface area contributed by atoms with Gasteiger partial charge in [-0.2, -0.15) is 5.10 Å². The van der Waals surface area contributed by atoms with Crippen molar-refractivity contribution in [1.29, 1.82) is 0 Å². The monoisotopic (exact) mass is 505 g/mol. The number of primary amides is 1. The molecule has 10 heteroatoms. The van der Waals surface area contributed by atoms with Crippen molar-refractivity contribution in [2.75, 3.05) is 26.9 Å². The molecule has 2 rings (SSSR count). The standard InChI is InChI=1S/C22H24BrN3O6/c1-4-8-31-17-7-6-15(11-18(17)30-5-2)22(28)26-25-12-14-9-16(23)21(19(10-14)29-3)32-13-20(24)27/h4,6-7,9-12H,1,5,8,13H2,2-3H3,(H2,24,27)(H,26,28)/b25-12+. The molecule has 0 aromatic heterocycles. The van der Waals surface area contributed by atoms with E-state index in [4.69, 9.17) is 24.7 Å². The lowest BCUT2D eigenvalue weighted by atomic mass is 10.2. The molecule has 0 radical (unpaired) electrons. The van der Waals surface area contributed by atoms with Crippen LogP contribution in [0.4, 0.5) is 0 Å². The molecule has 0 saturated carbocycles. The van der Waals surface area contributed by atoms with Gasteiger partial charge < -0.3 is 24.7 Å². The third-order valence-electron chi connectivity index (χ3n) is 3.85. The molecular formula is C22H24BrN3O6. The second-order valence-electron chi connectivity index (χ2n) is 6.18. The van der Waals surface area contributed by atoms with Gasteiger partial charge in [0, 0.05) is 5.56 Å². The Labute approximate surface area is 194 Å². The van der Waals surface area contributed by atoms with E-state index in [1.165, 1.54) is 13.3 Å². The average Bonchev–Trinajstić information content (AvgIpc) is 2.77. The normalized spacial score (nSPS) is 10.5. The number of hydrogen-bond acceptors (Lipinski definition) is 7. The van der Waals surface area contributed by atoms with Gasteiger partial charge >= 0.3 is 0 Å². The van der Waals surface area contributed by atoms with Gasteiger partial charge in [0.2, 0.25) is 0 Å². The van der Waals surface area contributed by atoms with Crippen molar-refractivity contribution in [2.24, 2.45) is 10.8 Å². The van der Waals surface area contributed by atoms with E-state index in [-0.39, 0.29) is 6.61 Å². The van der Waals surface area contributed by atoms with Crippen molar-refractivity contribution in [2.45, 2.75) is 6.92 Å². The van der Waals surface area contributed by atoms with E-state index >= 15 is 0 Å². The van der Waals surface area contributed by atoms with Crippen LogP contribution in [0.3, 0.4) is 0 Å². The van der Waals surface area contributed by atoms with Crippen molar-refractivity contribution in [3.63, 3.8) is 0 Å². The highest BCUT2D eigenvalue weighted by molar-refractivity contribution is 9.10. The molecular weight excluding hydrogens is 482 g/mol. The summed E-state index contributed by atoms with van der Waals surface area (Å²) in [5.74, 6) is 0.623. The second kappa shape index (κ2) is 12.4. The van der Waals surface area contributed by atoms with Crippen LogP contribution in [0.2, 0.25) is 0 Å². The number of hydrogen-bond donors (Lipinski definition) is 2. The van der Waals surface area contributed by atoms with Crippen molar-refractivity contribution in [3.8, 4) is 23.0 Å². The molecule has 2 aromatic carbocycles. The maximum atomic E-state index is 12.5. The quantitative estimate of drug-likeness (QED) is 0.259. The van der Waals surface area contributed by atoms with E-state index in [1.54, 1.807) is 36.4 Å². The Kier molecular flexibility index (Phi) is 9.55. The maximum Gasteiger partial charge on any atom is 0.271 e. The molecule has 0 spiro atoms. The van der Waals surface area contributed by atoms with Gasteiger partial charge in [0.25, 0.3) is 11.8 Å². The van der Waals surface area contributed by atoms with Gasteiger partial charge in [-0.1, -0.05) is 12.7 Å². The second-order valence-corrected chi connectivity index (χ2v) is 7.04. The van der Waals surface area contributed by atoms with Crippen LogP contribution in [0.5, 0.6) is 23.0 Å². The Morgan fingerprint density at radius 1 is 1.16 bits per heavy atom. The van der Waals surface area contributed by atoms with Crippen molar-refractivity contribution in [1.82, 2.24) is 5.43 Å². The number of nitrogens with one attached hydrogen (secondary N) is 1. The molecule has 2 amide bonds. The van der Waals surface area contributed by atoms with Crippen LogP contribution < -0.4 is 30.1 Å². The molecule has 0 aliphatic carbocycles. The fourth-order valence-electron chi connectivity index (χ4n) is 2.51. The Morgan fingerprint density at radius 2 is 1.94 bits per heavy atom. The number of rotatable bonds is 12. The van der Waals surface area contributed by atoms with Crippen LogP contribution in [0, 0.1) is 0 Å². The predicted octanol–water partition coefficient (Wildman–Crippen LogP) is 3.05. The van der Waals surface area contributed by atoms with Gasteiger partial charge in [-0.05, 0) is 58.7 Å². The highest BCUT2D eigenvalue weighted by atomic mass is 79.9. The first kappa shape index (κ1) is 24.7. The summed E-state index contributed by atoms with van der Waals surface area (Å²) in [5.41, 5.74) is 8.54. The van der Waals surface area contributed by atoms with Gasteiger partial charge in [0.1, 0.15) is 6.61 Å². The lowest BCUT2D eigenvalue weighted by Crippen LogP contribution is -2.20. The number of carbonyl (C=O) groups is 2. The van der Waals surface area contributed by atoms with Gasteiger partial charge in [-0.3, -0.25) is 9.59 Å². The molecule has 2 aromatic rings. The van der Waals surface area contributed by atoms with Crippen LogP contribution in [0.15, 0.2) is 52.6 Å². The van der Waals surface area contributed by atoms with E-state index in [9.17, 15) is 9.59 Å². The largest absolute Gasteiger partial charge is 0.493 e. The number of amides is 2. The van der Waals surface area contributed by atoms with Gasteiger partial charge in [0.05, 0.1) is 24.4 Å². The summed E-state index contributed by atoms with van der Waals surface area (Å²) in [5, 5.41) is 3.98. The first-order valence-electron chi connectivity index (χ1n) is 9.52. The average molecular weight is 506 g/mol. The van der Waals surface area contributed by atoms with E-state index in [1.807, 2.05) is 6.92 Å². The topological polar surface area (TPSA) is 121 Å². The molecule has 0 atom stereocenters. The fraction of sp³-hybridized carbons (Fsp3) is 0.227. The Balaban J connectivity index is 2.12. The van der Waals surface area contributed by atoms with E-state index in [0.717, 1.165) is 0 Å². The zero-order valence-corrected chi connectivity index (χ0v) is 19.3. The smallest absolute Gasteiger partial charge is 0.271 e. The van der Waals surface area contributed by atoms with E-state index < -0.39 is 11.8 Å². The zero-order chi connectivity index (χ0) is 23.5. The number of nitrogens with zero attached hydrogens (tertiary/aromatic N) is 1.